The van der Waals surface area contributed by atoms with Crippen LogP contribution in [0.15, 0.2) is 122 Å². The van der Waals surface area contributed by atoms with Gasteiger partial charge < -0.3 is 89.9 Å². The van der Waals surface area contributed by atoms with Crippen LogP contribution in [0.5, 0.6) is 0 Å². The van der Waals surface area contributed by atoms with Crippen LogP contribution in [-0.2, 0) is 33.2 Å². The predicted molar refractivity (Wildman–Crippen MR) is 383 cm³/mol. The Morgan fingerprint density at radius 3 is 1.11 bits per heavy atom. The molecule has 0 aromatic carbocycles. The van der Waals surface area contributed by atoms with Gasteiger partial charge in [-0.3, -0.25) is 4.79 Å². The second kappa shape index (κ2) is 57.8. The first kappa shape index (κ1) is 87.4. The van der Waals surface area contributed by atoms with Gasteiger partial charge in [-0.05, 0) is 89.9 Å². The quantitative estimate of drug-likeness (QED) is 0.0199. The fourth-order valence-electron chi connectivity index (χ4n) is 11.8. The molecule has 3 aliphatic heterocycles. The monoisotopic (exact) mass is 1370 g/mol. The normalized spacial score (nSPS) is 27.6. The topological polar surface area (TPSA) is 307 Å². The van der Waals surface area contributed by atoms with E-state index in [1.807, 2.05) is 0 Å². The van der Waals surface area contributed by atoms with Crippen molar-refractivity contribution in [3.8, 4) is 0 Å². The largest absolute Gasteiger partial charge is 0.394 e. The van der Waals surface area contributed by atoms with Crippen molar-refractivity contribution < 1.29 is 89.4 Å². The van der Waals surface area contributed by atoms with Crippen LogP contribution in [-0.4, -0.2) is 193 Å². The van der Waals surface area contributed by atoms with E-state index in [1.165, 1.54) is 77.0 Å². The number of aliphatic hydroxyl groups excluding tert-OH is 11. The maximum Gasteiger partial charge on any atom is 0.220 e. The van der Waals surface area contributed by atoms with Crippen molar-refractivity contribution in [3.05, 3.63) is 122 Å². The number of nitrogens with one attached hydrogen (secondary N) is 1. The van der Waals surface area contributed by atoms with Crippen molar-refractivity contribution in [2.45, 2.75) is 336 Å². The van der Waals surface area contributed by atoms with Gasteiger partial charge in [-0.25, -0.2) is 0 Å². The number of carbonyl (C=O) groups is 1. The predicted octanol–water partition coefficient (Wildman–Crippen LogP) is 11.2. The highest BCUT2D eigenvalue weighted by Crippen LogP contribution is 2.33. The summed E-state index contributed by atoms with van der Waals surface area (Å²) in [4.78, 5) is 13.4. The summed E-state index contributed by atoms with van der Waals surface area (Å²) in [6.07, 6.45) is 53.0. The Bertz CT molecular complexity index is 2230. The molecule has 1 amide bonds. The van der Waals surface area contributed by atoms with Crippen molar-refractivity contribution >= 4 is 5.91 Å². The maximum atomic E-state index is 13.4. The molecule has 17 unspecified atom stereocenters. The van der Waals surface area contributed by atoms with Gasteiger partial charge in [-0.2, -0.15) is 0 Å². The summed E-state index contributed by atoms with van der Waals surface area (Å²) in [5.41, 5.74) is 0. The third kappa shape index (κ3) is 38.7. The smallest absolute Gasteiger partial charge is 0.220 e. The SMILES string of the molecule is CC/C=C\C/C=C\C/C=C\C/C=C\C/C=C\C/C=C\C/C=C\C/C=C\C/C=C\C/C=C\CCCCCCCCCCCCC(=O)NC(COC1OC(CO)C(OC2OC(CO)C(OC3OC(CO)C(O)C(O)C3O)C(O)C2O)C(O)C1O)C(O)CCCCCCCCCCCCC. The highest BCUT2D eigenvalue weighted by molar-refractivity contribution is 5.76. The number of aliphatic hydroxyl groups is 11. The van der Waals surface area contributed by atoms with E-state index in [0.29, 0.717) is 12.8 Å². The number of carbonyl (C=O) groups excluding carboxylic acids is 1. The van der Waals surface area contributed by atoms with Crippen LogP contribution in [0.2, 0.25) is 0 Å². The van der Waals surface area contributed by atoms with Gasteiger partial charge in [0.15, 0.2) is 18.9 Å². The number of unbranched alkanes of at least 4 members (excludes halogenated alkanes) is 20. The van der Waals surface area contributed by atoms with E-state index in [-0.39, 0.29) is 18.9 Å². The number of amides is 1. The summed E-state index contributed by atoms with van der Waals surface area (Å²) < 4.78 is 34.4. The van der Waals surface area contributed by atoms with Gasteiger partial charge in [-0.15, -0.1) is 0 Å². The lowest BCUT2D eigenvalue weighted by atomic mass is 9.96. The van der Waals surface area contributed by atoms with Crippen molar-refractivity contribution in [1.82, 2.24) is 5.32 Å². The standard InChI is InChI=1S/C78H131NO18/c1-3-5-7-9-11-13-15-16-17-18-19-20-21-22-23-24-25-26-27-28-29-30-31-32-33-34-35-36-37-38-39-40-41-42-43-44-46-48-50-52-54-56-66(84)79-61(62(83)55-53-51-49-47-45-14-12-10-8-6-4-2)60-92-76-72(90)69(87)74(64(58-81)94-76)97-78-73(91)70(88)75(65(59-82)95-78)96-77-71(89)68(86)67(85)63(57-80)93-77/h5,7,11,13,16-17,19-20,22-23,25-26,28-29,31-32,34-35,37-38,61-65,67-78,80-83,85-91H,3-4,6,8-10,12,14-15,18,21,24,27,30,33,36,39-60H2,1-2H3,(H,79,84)/b7-5-,13-11-,17-16-,20-19-,23-22-,26-25-,29-28-,32-31-,35-34-,38-37-. The second-order valence-electron chi connectivity index (χ2n) is 26.0. The lowest BCUT2D eigenvalue weighted by Crippen LogP contribution is -2.66. The summed E-state index contributed by atoms with van der Waals surface area (Å²) in [6, 6.07) is -0.896. The van der Waals surface area contributed by atoms with Gasteiger partial charge >= 0.3 is 0 Å². The van der Waals surface area contributed by atoms with Crippen LogP contribution >= 0.6 is 0 Å². The van der Waals surface area contributed by atoms with E-state index >= 15 is 0 Å². The van der Waals surface area contributed by atoms with Crippen molar-refractivity contribution in [2.24, 2.45) is 0 Å². The van der Waals surface area contributed by atoms with Crippen LogP contribution in [0.1, 0.15) is 232 Å². The third-order valence-corrected chi connectivity index (χ3v) is 17.8. The molecular weight excluding hydrogens is 1240 g/mol. The second-order valence-corrected chi connectivity index (χ2v) is 26.0. The molecule has 12 N–H and O–H groups in total. The Hall–Kier alpha value is -3.81. The van der Waals surface area contributed by atoms with Gasteiger partial charge in [0.1, 0.15) is 73.2 Å². The molecule has 3 aliphatic rings. The Kier molecular flexibility index (Phi) is 52.1. The van der Waals surface area contributed by atoms with Crippen LogP contribution in [0, 0.1) is 0 Å². The molecule has 19 heteroatoms. The summed E-state index contributed by atoms with van der Waals surface area (Å²) in [5, 5.41) is 121. The number of hydrogen-bond donors (Lipinski definition) is 12. The fourth-order valence-corrected chi connectivity index (χ4v) is 11.8. The molecule has 0 saturated carbocycles. The molecule has 0 bridgehead atoms. The summed E-state index contributed by atoms with van der Waals surface area (Å²) >= 11 is 0. The zero-order valence-corrected chi connectivity index (χ0v) is 59.0. The molecule has 3 rings (SSSR count). The lowest BCUT2D eigenvalue weighted by Gasteiger charge is -2.48. The van der Waals surface area contributed by atoms with Crippen LogP contribution in [0.3, 0.4) is 0 Å². The third-order valence-electron chi connectivity index (χ3n) is 17.8. The Labute approximate surface area is 582 Å². The van der Waals surface area contributed by atoms with Crippen molar-refractivity contribution in [2.75, 3.05) is 26.4 Å². The minimum absolute atomic E-state index is 0.254. The van der Waals surface area contributed by atoms with Gasteiger partial charge in [0.2, 0.25) is 5.91 Å². The molecule has 17 atom stereocenters. The molecule has 0 aromatic heterocycles. The van der Waals surface area contributed by atoms with E-state index in [1.54, 1.807) is 0 Å². The highest BCUT2D eigenvalue weighted by Gasteiger charge is 2.53. The van der Waals surface area contributed by atoms with E-state index in [0.717, 1.165) is 122 Å². The summed E-state index contributed by atoms with van der Waals surface area (Å²) in [6.45, 7) is 1.65. The summed E-state index contributed by atoms with van der Waals surface area (Å²) in [5.74, 6) is -0.254. The van der Waals surface area contributed by atoms with E-state index in [4.69, 9.17) is 28.4 Å². The first-order valence-corrected chi connectivity index (χ1v) is 37.3. The van der Waals surface area contributed by atoms with Crippen molar-refractivity contribution in [1.29, 1.82) is 0 Å². The van der Waals surface area contributed by atoms with E-state index < -0.39 is 124 Å². The number of ether oxygens (including phenoxy) is 6. The first-order valence-electron chi connectivity index (χ1n) is 37.3. The van der Waals surface area contributed by atoms with Gasteiger partial charge in [0, 0.05) is 6.42 Å². The molecule has 3 fully saturated rings. The van der Waals surface area contributed by atoms with Crippen LogP contribution in [0.25, 0.3) is 0 Å². The maximum absolute atomic E-state index is 13.4. The molecule has 0 radical (unpaired) electrons. The molecular formula is C78H131NO18. The van der Waals surface area contributed by atoms with Crippen molar-refractivity contribution in [3.63, 3.8) is 0 Å². The van der Waals surface area contributed by atoms with E-state index in [2.05, 4.69) is 141 Å². The number of allylic oxidation sites excluding steroid dienone is 20. The zero-order valence-electron chi connectivity index (χ0n) is 59.0. The molecule has 0 aliphatic carbocycles. The van der Waals surface area contributed by atoms with Crippen LogP contribution in [0.4, 0.5) is 0 Å². The average Bonchev–Trinajstić information content (AvgIpc) is 0.790. The Morgan fingerprint density at radius 1 is 0.381 bits per heavy atom. The lowest BCUT2D eigenvalue weighted by molar-refractivity contribution is -0.379. The molecule has 0 aromatic rings. The number of rotatable bonds is 56. The van der Waals surface area contributed by atoms with E-state index in [9.17, 15) is 61.0 Å². The minimum atomic E-state index is -1.98. The van der Waals surface area contributed by atoms with Gasteiger partial charge in [0.25, 0.3) is 0 Å². The molecule has 97 heavy (non-hydrogen) atoms. The highest BCUT2D eigenvalue weighted by atomic mass is 16.8. The molecule has 0 spiro atoms. The summed E-state index contributed by atoms with van der Waals surface area (Å²) in [7, 11) is 0. The molecule has 556 valence electrons. The first-order chi connectivity index (χ1) is 47.3. The Balaban J connectivity index is 1.30. The molecule has 19 nitrogen and oxygen atoms in total. The Morgan fingerprint density at radius 2 is 0.711 bits per heavy atom. The average molecular weight is 1370 g/mol. The molecule has 3 heterocycles. The number of hydrogen-bond acceptors (Lipinski definition) is 18. The fraction of sp³-hybridized carbons (Fsp3) is 0.731. The van der Waals surface area contributed by atoms with Crippen LogP contribution < -0.4 is 5.32 Å². The minimum Gasteiger partial charge on any atom is -0.394 e. The zero-order chi connectivity index (χ0) is 70.4. The molecule has 3 saturated heterocycles. The van der Waals surface area contributed by atoms with Gasteiger partial charge in [-0.1, -0.05) is 257 Å². The van der Waals surface area contributed by atoms with Gasteiger partial charge in [0.05, 0.1) is 38.6 Å².